The summed E-state index contributed by atoms with van der Waals surface area (Å²) >= 11 is 0. The minimum absolute atomic E-state index is 0. The van der Waals surface area contributed by atoms with Gasteiger partial charge in [0.2, 0.25) is 0 Å². The lowest BCUT2D eigenvalue weighted by Crippen LogP contribution is -2.38. The molecule has 2 N–H and O–H groups in total. The van der Waals surface area contributed by atoms with Crippen LogP contribution in [0.5, 0.6) is 0 Å². The highest BCUT2D eigenvalue weighted by Crippen LogP contribution is 2.30. The third-order valence-corrected chi connectivity index (χ3v) is 3.46. The highest BCUT2D eigenvalue weighted by molar-refractivity contribution is 5.49. The van der Waals surface area contributed by atoms with E-state index in [9.17, 15) is 0 Å². The van der Waals surface area contributed by atoms with Gasteiger partial charge < -0.3 is 10.4 Å². The summed E-state index contributed by atoms with van der Waals surface area (Å²) in [5, 5.41) is 0. The lowest BCUT2D eigenvalue weighted by atomic mass is 9.92. The summed E-state index contributed by atoms with van der Waals surface area (Å²) in [5.41, 5.74) is 2.55. The van der Waals surface area contributed by atoms with Crippen LogP contribution in [0.3, 0.4) is 0 Å². The molecule has 2 aromatic rings. The summed E-state index contributed by atoms with van der Waals surface area (Å²) in [7, 11) is 2.14. The molecule has 0 saturated heterocycles. The molecule has 0 spiro atoms. The molecule has 0 unspecified atom stereocenters. The van der Waals surface area contributed by atoms with E-state index in [0.717, 1.165) is 0 Å². The van der Waals surface area contributed by atoms with Crippen LogP contribution in [-0.2, 0) is 5.54 Å². The van der Waals surface area contributed by atoms with Crippen LogP contribution in [0, 0.1) is 0 Å². The smallest absolute Gasteiger partial charge is 0.0594 e. The minimum Gasteiger partial charge on any atom is -0.412 e. The highest BCUT2D eigenvalue weighted by Gasteiger charge is 2.25. The van der Waals surface area contributed by atoms with Crippen LogP contribution in [0.4, 0.5) is 5.69 Å². The van der Waals surface area contributed by atoms with Crippen molar-refractivity contribution in [2.45, 2.75) is 19.4 Å². The van der Waals surface area contributed by atoms with E-state index in [0.29, 0.717) is 0 Å². The van der Waals surface area contributed by atoms with Gasteiger partial charge in [-0.25, -0.2) is 0 Å². The molecule has 0 saturated carbocycles. The zero-order chi connectivity index (χ0) is 12.3. The second-order valence-corrected chi connectivity index (χ2v) is 4.82. The summed E-state index contributed by atoms with van der Waals surface area (Å²) < 4.78 is 0. The van der Waals surface area contributed by atoms with E-state index in [1.165, 1.54) is 11.3 Å². The molecule has 2 rings (SSSR count). The Hall–Kier alpha value is -1.80. The van der Waals surface area contributed by atoms with Crippen molar-refractivity contribution in [3.05, 3.63) is 66.2 Å². The average Bonchev–Trinajstić information content (AvgIpc) is 2.40. The van der Waals surface area contributed by atoms with E-state index in [2.05, 4.69) is 80.4 Å². The fourth-order valence-electron chi connectivity index (χ4n) is 2.01. The second kappa shape index (κ2) is 5.69. The molecule has 0 aliphatic rings. The third-order valence-electron chi connectivity index (χ3n) is 3.46. The molecule has 0 aromatic heterocycles. The Labute approximate surface area is 109 Å². The van der Waals surface area contributed by atoms with E-state index in [-0.39, 0.29) is 11.0 Å². The largest absolute Gasteiger partial charge is 0.412 e. The first-order valence-electron chi connectivity index (χ1n) is 5.97. The molecule has 0 bridgehead atoms. The van der Waals surface area contributed by atoms with Crippen LogP contribution in [0.15, 0.2) is 60.7 Å². The Morgan fingerprint density at radius 3 is 1.72 bits per heavy atom. The van der Waals surface area contributed by atoms with E-state index in [4.69, 9.17) is 0 Å². The molecule has 2 heteroatoms. The van der Waals surface area contributed by atoms with E-state index >= 15 is 0 Å². The quantitative estimate of drug-likeness (QED) is 0.815. The summed E-state index contributed by atoms with van der Waals surface area (Å²) in [6, 6.07) is 21.1. The first kappa shape index (κ1) is 14.3. The van der Waals surface area contributed by atoms with Gasteiger partial charge in [-0.05, 0) is 31.5 Å². The van der Waals surface area contributed by atoms with Crippen LogP contribution >= 0.6 is 0 Å². The van der Waals surface area contributed by atoms with Crippen molar-refractivity contribution in [3.63, 3.8) is 0 Å². The molecule has 0 heterocycles. The number of hydrogen-bond acceptors (Lipinski definition) is 1. The van der Waals surface area contributed by atoms with Gasteiger partial charge in [-0.1, -0.05) is 48.5 Å². The van der Waals surface area contributed by atoms with Crippen molar-refractivity contribution in [3.8, 4) is 0 Å². The molecule has 18 heavy (non-hydrogen) atoms. The summed E-state index contributed by atoms with van der Waals surface area (Å²) in [5.74, 6) is 0. The Kier molecular flexibility index (Phi) is 4.51. The van der Waals surface area contributed by atoms with Gasteiger partial charge >= 0.3 is 0 Å². The van der Waals surface area contributed by atoms with Gasteiger partial charge in [0.25, 0.3) is 0 Å². The molecule has 0 radical (unpaired) electrons. The number of para-hydroxylation sites is 1. The molecule has 2 aromatic carbocycles. The maximum Gasteiger partial charge on any atom is 0.0594 e. The van der Waals surface area contributed by atoms with Gasteiger partial charge in [0, 0.05) is 12.7 Å². The highest BCUT2D eigenvalue weighted by atomic mass is 16.0. The Balaban J connectivity index is 0.00000162. The van der Waals surface area contributed by atoms with E-state index in [1.54, 1.807) is 0 Å². The Morgan fingerprint density at radius 2 is 1.22 bits per heavy atom. The van der Waals surface area contributed by atoms with Crippen molar-refractivity contribution < 1.29 is 5.48 Å². The van der Waals surface area contributed by atoms with Crippen molar-refractivity contribution in [2.24, 2.45) is 0 Å². The predicted octanol–water partition coefficient (Wildman–Crippen LogP) is 3.23. The zero-order valence-corrected chi connectivity index (χ0v) is 11.2. The molecule has 0 fully saturated rings. The summed E-state index contributed by atoms with van der Waals surface area (Å²) in [6.07, 6.45) is 0. The SMILES string of the molecule is CN(c1ccccc1)C(C)(C)c1ccccc1.O. The molecule has 0 aliphatic carbocycles. The van der Waals surface area contributed by atoms with Crippen molar-refractivity contribution in [2.75, 3.05) is 11.9 Å². The normalized spacial score (nSPS) is 10.6. The summed E-state index contributed by atoms with van der Waals surface area (Å²) in [4.78, 5) is 2.31. The van der Waals surface area contributed by atoms with Gasteiger partial charge in [-0.3, -0.25) is 0 Å². The maximum atomic E-state index is 2.31. The predicted molar refractivity (Wildman–Crippen MR) is 77.9 cm³/mol. The number of anilines is 1. The monoisotopic (exact) mass is 243 g/mol. The summed E-state index contributed by atoms with van der Waals surface area (Å²) in [6.45, 7) is 4.49. The van der Waals surface area contributed by atoms with Crippen LogP contribution < -0.4 is 4.90 Å². The van der Waals surface area contributed by atoms with Crippen LogP contribution in [-0.4, -0.2) is 12.5 Å². The zero-order valence-electron chi connectivity index (χ0n) is 11.2. The molecular weight excluding hydrogens is 222 g/mol. The van der Waals surface area contributed by atoms with Gasteiger partial charge in [0.1, 0.15) is 0 Å². The van der Waals surface area contributed by atoms with Crippen molar-refractivity contribution in [1.82, 2.24) is 0 Å². The molecule has 0 aliphatic heterocycles. The number of benzene rings is 2. The van der Waals surface area contributed by atoms with E-state index in [1.807, 2.05) is 6.07 Å². The first-order chi connectivity index (χ1) is 8.12. The van der Waals surface area contributed by atoms with Crippen molar-refractivity contribution in [1.29, 1.82) is 0 Å². The Bertz CT molecular complexity index is 465. The number of rotatable bonds is 3. The van der Waals surface area contributed by atoms with Crippen LogP contribution in [0.25, 0.3) is 0 Å². The average molecular weight is 243 g/mol. The lowest BCUT2D eigenvalue weighted by Gasteiger charge is -2.38. The van der Waals surface area contributed by atoms with Crippen molar-refractivity contribution >= 4 is 5.69 Å². The molecule has 0 amide bonds. The lowest BCUT2D eigenvalue weighted by molar-refractivity contribution is 0.514. The van der Waals surface area contributed by atoms with Crippen LogP contribution in [0.1, 0.15) is 19.4 Å². The van der Waals surface area contributed by atoms with E-state index < -0.39 is 0 Å². The third kappa shape index (κ3) is 2.71. The molecule has 96 valence electrons. The van der Waals surface area contributed by atoms with Gasteiger partial charge in [0.15, 0.2) is 0 Å². The molecule has 0 atom stereocenters. The molecule has 2 nitrogen and oxygen atoms in total. The number of nitrogens with zero attached hydrogens (tertiary/aromatic N) is 1. The standard InChI is InChI=1S/C16H19N.H2O/c1-16(2,14-10-6-4-7-11-14)17(3)15-12-8-5-9-13-15;/h4-13H,1-3H3;1H2. The van der Waals surface area contributed by atoms with Gasteiger partial charge in [0.05, 0.1) is 5.54 Å². The topological polar surface area (TPSA) is 34.7 Å². The minimum atomic E-state index is -0.0113. The van der Waals surface area contributed by atoms with Gasteiger partial charge in [-0.15, -0.1) is 0 Å². The molecular formula is C16H21NO. The number of hydrogen-bond donors (Lipinski definition) is 0. The Morgan fingerprint density at radius 1 is 0.778 bits per heavy atom. The fourth-order valence-corrected chi connectivity index (χ4v) is 2.01. The maximum absolute atomic E-state index is 2.31. The fraction of sp³-hybridized carbons (Fsp3) is 0.250. The first-order valence-corrected chi connectivity index (χ1v) is 5.97. The van der Waals surface area contributed by atoms with Crippen LogP contribution in [0.2, 0.25) is 0 Å². The van der Waals surface area contributed by atoms with Gasteiger partial charge in [-0.2, -0.15) is 0 Å². The second-order valence-electron chi connectivity index (χ2n) is 4.82.